The molecule has 5 rings (SSSR count). The van der Waals surface area contributed by atoms with Gasteiger partial charge in [-0.05, 0) is 55.4 Å². The third kappa shape index (κ3) is 7.36. The Morgan fingerprint density at radius 3 is 2.73 bits per heavy atom. The van der Waals surface area contributed by atoms with Gasteiger partial charge in [-0.2, -0.15) is 10.2 Å². The summed E-state index contributed by atoms with van der Waals surface area (Å²) in [5.41, 5.74) is 1.36. The van der Waals surface area contributed by atoms with Crippen LogP contribution in [0.3, 0.4) is 0 Å². The van der Waals surface area contributed by atoms with Crippen molar-refractivity contribution in [1.82, 2.24) is 25.2 Å². The van der Waals surface area contributed by atoms with Crippen LogP contribution in [0.1, 0.15) is 18.4 Å². The van der Waals surface area contributed by atoms with Gasteiger partial charge in [0.25, 0.3) is 5.91 Å². The minimum atomic E-state index is -1.59. The number of ether oxygens (including phenoxy) is 2. The second-order valence-corrected chi connectivity index (χ2v) is 10.6. The van der Waals surface area contributed by atoms with Crippen molar-refractivity contribution in [3.8, 4) is 29.0 Å². The summed E-state index contributed by atoms with van der Waals surface area (Å²) in [5.74, 6) is 0.459. The first kappa shape index (κ1) is 31.0. The molecule has 0 bridgehead atoms. The summed E-state index contributed by atoms with van der Waals surface area (Å²) in [5, 5.41) is 34.6. The highest BCUT2D eigenvalue weighted by Gasteiger charge is 2.35. The molecule has 3 heterocycles. The van der Waals surface area contributed by atoms with Gasteiger partial charge in [-0.25, -0.2) is 14.4 Å². The van der Waals surface area contributed by atoms with Gasteiger partial charge in [0.2, 0.25) is 5.95 Å². The minimum Gasteiger partial charge on any atom is -0.490 e. The summed E-state index contributed by atoms with van der Waals surface area (Å²) >= 11 is 0. The molecule has 2 aliphatic rings. The molecule has 0 spiro atoms. The molecule has 2 fully saturated rings. The number of amides is 1. The number of alkyl halides is 2. The highest BCUT2D eigenvalue weighted by atomic mass is 19.1. The van der Waals surface area contributed by atoms with Crippen molar-refractivity contribution in [2.75, 3.05) is 44.8 Å². The first-order valence-corrected chi connectivity index (χ1v) is 14.3. The quantitative estimate of drug-likeness (QED) is 0.266. The molecular weight excluding hydrogens is 576 g/mol. The van der Waals surface area contributed by atoms with Crippen LogP contribution in [-0.4, -0.2) is 99.9 Å². The van der Waals surface area contributed by atoms with E-state index < -0.39 is 37.6 Å². The third-order valence-corrected chi connectivity index (χ3v) is 7.59. The lowest BCUT2D eigenvalue weighted by Crippen LogP contribution is -2.52. The number of nitriles is 1. The fourth-order valence-corrected chi connectivity index (χ4v) is 5.15. The molecule has 2 aromatic carbocycles. The van der Waals surface area contributed by atoms with Gasteiger partial charge >= 0.3 is 0 Å². The summed E-state index contributed by atoms with van der Waals surface area (Å²) in [6.07, 6.45) is -2.02. The second-order valence-electron chi connectivity index (χ2n) is 10.6. The van der Waals surface area contributed by atoms with Gasteiger partial charge in [0, 0.05) is 36.7 Å². The zero-order valence-electron chi connectivity index (χ0n) is 23.8. The molecule has 1 amide bonds. The molecule has 12 nitrogen and oxygen atoms in total. The number of rotatable bonds is 10. The van der Waals surface area contributed by atoms with Crippen LogP contribution in [0, 0.1) is 17.2 Å². The molecule has 14 heteroatoms. The van der Waals surface area contributed by atoms with Gasteiger partial charge in [0.05, 0.1) is 25.4 Å². The van der Waals surface area contributed by atoms with E-state index in [1.807, 2.05) is 0 Å². The van der Waals surface area contributed by atoms with Crippen LogP contribution in [0.4, 0.5) is 20.4 Å². The summed E-state index contributed by atoms with van der Waals surface area (Å²) in [4.78, 5) is 26.1. The lowest BCUT2D eigenvalue weighted by Gasteiger charge is -2.35. The first-order valence-electron chi connectivity index (χ1n) is 14.3. The van der Waals surface area contributed by atoms with Crippen LogP contribution in [0.2, 0.25) is 0 Å². The van der Waals surface area contributed by atoms with Crippen molar-refractivity contribution in [2.45, 2.75) is 37.3 Å². The molecule has 5 atom stereocenters. The molecule has 3 aromatic rings. The largest absolute Gasteiger partial charge is 0.490 e. The fraction of sp³-hybridized carbons (Fsp3) is 0.433. The Morgan fingerprint density at radius 2 is 2.00 bits per heavy atom. The first-order chi connectivity index (χ1) is 21.4. The molecule has 4 N–H and O–H groups in total. The summed E-state index contributed by atoms with van der Waals surface area (Å²) in [7, 11) is 0. The number of aliphatic hydroxyl groups is 2. The number of likely N-dealkylation sites (tertiary alicyclic amines) is 1. The maximum absolute atomic E-state index is 14.9. The lowest BCUT2D eigenvalue weighted by molar-refractivity contribution is -0.146. The predicted molar refractivity (Wildman–Crippen MR) is 155 cm³/mol. The summed E-state index contributed by atoms with van der Waals surface area (Å²) in [6, 6.07) is 14.0. The molecular formula is C30H33F2N7O5. The van der Waals surface area contributed by atoms with Crippen LogP contribution in [-0.2, 0) is 4.79 Å². The number of benzene rings is 2. The van der Waals surface area contributed by atoms with E-state index in [0.717, 1.165) is 17.9 Å². The molecule has 0 radical (unpaired) electrons. The number of anilines is 2. The molecule has 2 saturated heterocycles. The number of piperidine rings is 2. The second kappa shape index (κ2) is 14.3. The van der Waals surface area contributed by atoms with Crippen LogP contribution >= 0.6 is 0 Å². The van der Waals surface area contributed by atoms with Gasteiger partial charge < -0.3 is 35.2 Å². The lowest BCUT2D eigenvalue weighted by atomic mass is 9.97. The Labute approximate surface area is 252 Å². The highest BCUT2D eigenvalue weighted by molar-refractivity contribution is 5.81. The molecule has 2 aliphatic heterocycles. The number of aromatic nitrogens is 3. The van der Waals surface area contributed by atoms with Crippen molar-refractivity contribution in [1.29, 1.82) is 5.26 Å². The van der Waals surface area contributed by atoms with E-state index in [0.29, 0.717) is 29.4 Å². The van der Waals surface area contributed by atoms with E-state index in [1.165, 1.54) is 12.4 Å². The van der Waals surface area contributed by atoms with Crippen LogP contribution in [0.25, 0.3) is 11.4 Å². The molecule has 44 heavy (non-hydrogen) atoms. The summed E-state index contributed by atoms with van der Waals surface area (Å²) in [6.45, 7) is 0.0320. The molecule has 1 aromatic heterocycles. The number of hydrogen-bond donors (Lipinski definition) is 4. The summed E-state index contributed by atoms with van der Waals surface area (Å²) < 4.78 is 40.0. The number of nitrogens with zero attached hydrogens (tertiary/aromatic N) is 5. The van der Waals surface area contributed by atoms with Gasteiger partial charge in [0.15, 0.2) is 18.1 Å². The Kier molecular flexibility index (Phi) is 10.1. The van der Waals surface area contributed by atoms with Crippen molar-refractivity contribution in [3.05, 3.63) is 54.4 Å². The molecule has 0 unspecified atom stereocenters. The van der Waals surface area contributed by atoms with Gasteiger partial charge in [-0.15, -0.1) is 0 Å². The van der Waals surface area contributed by atoms with E-state index in [-0.39, 0.29) is 48.8 Å². The smallest absolute Gasteiger partial charge is 0.253 e. The molecule has 0 saturated carbocycles. The topological polar surface area (TPSA) is 166 Å². The van der Waals surface area contributed by atoms with Gasteiger partial charge in [0.1, 0.15) is 36.1 Å². The van der Waals surface area contributed by atoms with E-state index in [4.69, 9.17) is 14.6 Å². The monoisotopic (exact) mass is 609 g/mol. The Hall–Kier alpha value is -4.45. The third-order valence-electron chi connectivity index (χ3n) is 7.59. The van der Waals surface area contributed by atoms with E-state index in [1.54, 1.807) is 36.4 Å². The number of carbonyl (C=O) groups excluding carboxylic acids is 1. The van der Waals surface area contributed by atoms with Crippen molar-refractivity contribution in [2.24, 2.45) is 5.92 Å². The van der Waals surface area contributed by atoms with Crippen LogP contribution in [0.15, 0.2) is 48.8 Å². The number of aliphatic hydroxyl groups excluding tert-OH is 2. The number of nitrogens with one attached hydrogen (secondary N) is 2. The van der Waals surface area contributed by atoms with Gasteiger partial charge in [-0.3, -0.25) is 9.18 Å². The number of hydrogen-bond acceptors (Lipinski definition) is 11. The van der Waals surface area contributed by atoms with E-state index in [2.05, 4.69) is 31.7 Å². The zero-order valence-corrected chi connectivity index (χ0v) is 23.8. The van der Waals surface area contributed by atoms with Gasteiger partial charge in [-0.1, -0.05) is 0 Å². The predicted octanol–water partition coefficient (Wildman–Crippen LogP) is 2.15. The standard InChI is InChI=1S/C30H33F2N7O5/c31-12-20-14-34-9-7-26(20)43-22-4-2-21(3-5-22)37-30-36-17-35-28(38-30)18-1-6-25(19(11-18)13-33)44-27-8-10-39(15-23(27)32)29(42)24(41)16-40/h1-6,11,17,20,23-24,26-27,34,40-41H,7-10,12,14-16H2,(H,35,36,37,38)/t20-,23-,24+,26+,27+/m1/s1. The van der Waals surface area contributed by atoms with Crippen LogP contribution < -0.4 is 20.1 Å². The maximum atomic E-state index is 14.9. The average Bonchev–Trinajstić information content (AvgIpc) is 3.06. The Bertz CT molecular complexity index is 1470. The fourth-order valence-electron chi connectivity index (χ4n) is 5.15. The Morgan fingerprint density at radius 1 is 1.18 bits per heavy atom. The van der Waals surface area contributed by atoms with E-state index >= 15 is 0 Å². The molecule has 232 valence electrons. The highest BCUT2D eigenvalue weighted by Crippen LogP contribution is 2.29. The normalized spacial score (nSPS) is 22.5. The minimum absolute atomic E-state index is 0.134. The average molecular weight is 610 g/mol. The SMILES string of the molecule is N#Cc1cc(-c2ncnc(Nc3ccc(O[C@H]4CCNC[C@H]4CF)cc3)n2)ccc1O[C@H]1CCN(C(=O)[C@@H](O)CO)C[C@H]1F. The number of halogens is 2. The zero-order chi connectivity index (χ0) is 31.1. The van der Waals surface area contributed by atoms with Crippen LogP contribution in [0.5, 0.6) is 11.5 Å². The molecule has 0 aliphatic carbocycles. The Balaban J connectivity index is 1.22. The number of carbonyl (C=O) groups is 1. The van der Waals surface area contributed by atoms with Crippen molar-refractivity contribution < 1.29 is 33.3 Å². The van der Waals surface area contributed by atoms with E-state index in [9.17, 15) is 23.9 Å². The van der Waals surface area contributed by atoms with Crippen molar-refractivity contribution >= 4 is 17.5 Å². The maximum Gasteiger partial charge on any atom is 0.253 e. The van der Waals surface area contributed by atoms with Crippen molar-refractivity contribution in [3.63, 3.8) is 0 Å².